The highest BCUT2D eigenvalue weighted by Gasteiger charge is 2.16. The lowest BCUT2D eigenvalue weighted by atomic mass is 9.96. The lowest BCUT2D eigenvalue weighted by Crippen LogP contribution is -1.99. The van der Waals surface area contributed by atoms with Crippen LogP contribution >= 0.6 is 11.8 Å². The maximum atomic E-state index is 2.36. The molecule has 1 unspecified atom stereocenters. The molecule has 0 aromatic rings. The lowest BCUT2D eigenvalue weighted by molar-refractivity contribution is 0.530. The van der Waals surface area contributed by atoms with Gasteiger partial charge in [-0.05, 0) is 29.1 Å². The van der Waals surface area contributed by atoms with Crippen LogP contribution in [0.4, 0.5) is 0 Å². The summed E-state index contributed by atoms with van der Waals surface area (Å²) in [6.07, 6.45) is 7.16. The molecule has 0 aromatic carbocycles. The molecule has 0 saturated carbocycles. The van der Waals surface area contributed by atoms with Crippen LogP contribution in [0, 0.1) is 11.8 Å². The van der Waals surface area contributed by atoms with Gasteiger partial charge in [-0.2, -0.15) is 0 Å². The van der Waals surface area contributed by atoms with Gasteiger partial charge < -0.3 is 0 Å². The Kier molecular flexibility index (Phi) is 3.93. The van der Waals surface area contributed by atoms with Crippen molar-refractivity contribution in [3.63, 3.8) is 0 Å². The number of hydrogen-bond donors (Lipinski definition) is 0. The van der Waals surface area contributed by atoms with Crippen LogP contribution in [0.5, 0.6) is 0 Å². The van der Waals surface area contributed by atoms with Gasteiger partial charge in [-0.3, -0.25) is 0 Å². The van der Waals surface area contributed by atoms with Crippen molar-refractivity contribution in [2.75, 3.05) is 0 Å². The van der Waals surface area contributed by atoms with Crippen molar-refractivity contribution in [2.45, 2.75) is 33.6 Å². The summed E-state index contributed by atoms with van der Waals surface area (Å²) >= 11 is 1.90. The molecule has 0 bridgehead atoms. The van der Waals surface area contributed by atoms with Crippen LogP contribution in [0.25, 0.3) is 0 Å². The molecule has 68 valence electrons. The number of rotatable bonds is 3. The second kappa shape index (κ2) is 4.76. The molecule has 1 rings (SSSR count). The van der Waals surface area contributed by atoms with Gasteiger partial charge in [0.1, 0.15) is 0 Å². The second-order valence-electron chi connectivity index (χ2n) is 3.70. The van der Waals surface area contributed by atoms with E-state index in [0.717, 1.165) is 11.8 Å². The minimum Gasteiger partial charge on any atom is -0.103 e. The van der Waals surface area contributed by atoms with E-state index in [1.165, 1.54) is 12.8 Å². The zero-order valence-corrected chi connectivity index (χ0v) is 9.03. The molecule has 12 heavy (non-hydrogen) atoms. The Hall–Kier alpha value is -0.170. The van der Waals surface area contributed by atoms with Crippen LogP contribution < -0.4 is 0 Å². The van der Waals surface area contributed by atoms with Crippen molar-refractivity contribution in [1.82, 2.24) is 0 Å². The van der Waals surface area contributed by atoms with Crippen LogP contribution in [0.3, 0.4) is 0 Å². The van der Waals surface area contributed by atoms with Crippen molar-refractivity contribution in [3.8, 4) is 0 Å². The molecule has 1 aliphatic heterocycles. The van der Waals surface area contributed by atoms with E-state index in [4.69, 9.17) is 0 Å². The predicted molar refractivity (Wildman–Crippen MR) is 58.1 cm³/mol. The Labute approximate surface area is 80.1 Å². The Balaban J connectivity index is 2.51. The molecule has 0 spiro atoms. The summed E-state index contributed by atoms with van der Waals surface area (Å²) < 4.78 is 0. The summed E-state index contributed by atoms with van der Waals surface area (Å²) in [4.78, 5) is 1.56. The zero-order chi connectivity index (χ0) is 8.97. The first kappa shape index (κ1) is 9.91. The summed E-state index contributed by atoms with van der Waals surface area (Å²) in [6, 6.07) is 0. The fraction of sp³-hybridized carbons (Fsp3) is 0.636. The van der Waals surface area contributed by atoms with E-state index in [9.17, 15) is 0 Å². The normalized spacial score (nSPS) is 26.0. The molecule has 0 N–H and O–H groups in total. The minimum atomic E-state index is 0.718. The highest BCUT2D eigenvalue weighted by Crippen LogP contribution is 2.37. The molecular formula is C11H18S. The van der Waals surface area contributed by atoms with Crippen molar-refractivity contribution in [1.29, 1.82) is 0 Å². The van der Waals surface area contributed by atoms with Crippen molar-refractivity contribution < 1.29 is 0 Å². The minimum absolute atomic E-state index is 0.718. The van der Waals surface area contributed by atoms with Crippen LogP contribution in [-0.4, -0.2) is 0 Å². The maximum Gasteiger partial charge on any atom is 0.00887 e. The average Bonchev–Trinajstić information content (AvgIpc) is 2.37. The first-order chi connectivity index (χ1) is 5.74. The van der Waals surface area contributed by atoms with Gasteiger partial charge in [-0.25, -0.2) is 0 Å². The van der Waals surface area contributed by atoms with Gasteiger partial charge in [0.15, 0.2) is 0 Å². The summed E-state index contributed by atoms with van der Waals surface area (Å²) in [6.45, 7) is 6.79. The summed E-state index contributed by atoms with van der Waals surface area (Å²) in [5.74, 6) is 1.52. The van der Waals surface area contributed by atoms with Gasteiger partial charge >= 0.3 is 0 Å². The molecule has 0 aliphatic carbocycles. The molecule has 0 fully saturated rings. The molecule has 0 amide bonds. The molecule has 1 heteroatoms. The average molecular weight is 182 g/mol. The van der Waals surface area contributed by atoms with E-state index >= 15 is 0 Å². The first-order valence-electron chi connectivity index (χ1n) is 4.77. The quantitative estimate of drug-likeness (QED) is 0.630. The molecule has 0 saturated heterocycles. The monoisotopic (exact) mass is 182 g/mol. The molecule has 0 aromatic heterocycles. The van der Waals surface area contributed by atoms with E-state index < -0.39 is 0 Å². The van der Waals surface area contributed by atoms with E-state index in [0.29, 0.717) is 0 Å². The fourth-order valence-corrected chi connectivity index (χ4v) is 2.54. The van der Waals surface area contributed by atoms with Crippen molar-refractivity contribution in [3.05, 3.63) is 22.5 Å². The number of hydrogen-bond acceptors (Lipinski definition) is 1. The molecule has 1 aliphatic rings. The van der Waals surface area contributed by atoms with Gasteiger partial charge in [0, 0.05) is 5.92 Å². The Bertz CT molecular complexity index is 189. The zero-order valence-electron chi connectivity index (χ0n) is 8.21. The largest absolute Gasteiger partial charge is 0.103 e. The second-order valence-corrected chi connectivity index (χ2v) is 4.68. The summed E-state index contributed by atoms with van der Waals surface area (Å²) in [5.41, 5.74) is 0. The SMILES string of the molecule is CC/C=C1/SC=CC1CC(C)C. The first-order valence-corrected chi connectivity index (χ1v) is 5.65. The summed E-state index contributed by atoms with van der Waals surface area (Å²) in [7, 11) is 0. The topological polar surface area (TPSA) is 0 Å². The third-order valence-electron chi connectivity index (χ3n) is 2.01. The van der Waals surface area contributed by atoms with E-state index in [1.54, 1.807) is 4.91 Å². The lowest BCUT2D eigenvalue weighted by Gasteiger charge is -2.12. The third-order valence-corrected chi connectivity index (χ3v) is 3.05. The highest BCUT2D eigenvalue weighted by molar-refractivity contribution is 8.06. The fourth-order valence-electron chi connectivity index (χ4n) is 1.50. The maximum absolute atomic E-state index is 2.36. The van der Waals surface area contributed by atoms with Gasteiger partial charge in [-0.15, -0.1) is 11.8 Å². The Morgan fingerprint density at radius 2 is 2.33 bits per heavy atom. The van der Waals surface area contributed by atoms with Crippen LogP contribution in [0.2, 0.25) is 0 Å². The molecule has 0 nitrogen and oxygen atoms in total. The van der Waals surface area contributed by atoms with E-state index in [2.05, 4.69) is 38.3 Å². The van der Waals surface area contributed by atoms with Gasteiger partial charge in [0.25, 0.3) is 0 Å². The van der Waals surface area contributed by atoms with Gasteiger partial charge in [-0.1, -0.05) is 32.9 Å². The Morgan fingerprint density at radius 1 is 1.58 bits per heavy atom. The Morgan fingerprint density at radius 3 is 2.92 bits per heavy atom. The number of allylic oxidation sites excluding steroid dienone is 3. The van der Waals surface area contributed by atoms with E-state index in [-0.39, 0.29) is 0 Å². The standard InChI is InChI=1S/C11H18S/c1-4-5-11-10(6-7-12-11)8-9(2)3/h5-7,9-10H,4,8H2,1-3H3/b11-5+. The molecule has 0 radical (unpaired) electrons. The van der Waals surface area contributed by atoms with Gasteiger partial charge in [0.2, 0.25) is 0 Å². The molecule has 1 atom stereocenters. The highest BCUT2D eigenvalue weighted by atomic mass is 32.2. The van der Waals surface area contributed by atoms with Crippen molar-refractivity contribution >= 4 is 11.8 Å². The van der Waals surface area contributed by atoms with Crippen LogP contribution in [-0.2, 0) is 0 Å². The van der Waals surface area contributed by atoms with E-state index in [1.807, 2.05) is 11.8 Å². The smallest absolute Gasteiger partial charge is 0.00887 e. The third kappa shape index (κ3) is 2.71. The van der Waals surface area contributed by atoms with Crippen LogP contribution in [0.15, 0.2) is 22.5 Å². The predicted octanol–water partition coefficient (Wildman–Crippen LogP) is 4.20. The molecular weight excluding hydrogens is 164 g/mol. The summed E-state index contributed by atoms with van der Waals surface area (Å²) in [5, 5.41) is 2.23. The van der Waals surface area contributed by atoms with Crippen molar-refractivity contribution in [2.24, 2.45) is 11.8 Å². The van der Waals surface area contributed by atoms with Gasteiger partial charge in [0.05, 0.1) is 0 Å². The molecule has 1 heterocycles. The number of thioether (sulfide) groups is 1. The van der Waals surface area contributed by atoms with Crippen LogP contribution in [0.1, 0.15) is 33.6 Å².